The molecule has 1 aliphatic rings. The van der Waals surface area contributed by atoms with E-state index in [1.165, 1.54) is 29.7 Å². The lowest BCUT2D eigenvalue weighted by Crippen LogP contribution is -2.38. The van der Waals surface area contributed by atoms with Crippen molar-refractivity contribution < 1.29 is 18.7 Å². The molecule has 6 nitrogen and oxygen atoms in total. The molecule has 2 aromatic rings. The summed E-state index contributed by atoms with van der Waals surface area (Å²) in [5, 5.41) is 0.512. The summed E-state index contributed by atoms with van der Waals surface area (Å²) in [6.07, 6.45) is 1.33. The van der Waals surface area contributed by atoms with Crippen LogP contribution in [-0.4, -0.2) is 56.2 Å². The Morgan fingerprint density at radius 3 is 2.80 bits per heavy atom. The highest BCUT2D eigenvalue weighted by Crippen LogP contribution is 2.30. The molecule has 136 valence electrons. The topological polar surface area (TPSA) is 54.9 Å². The number of rotatable bonds is 5. The van der Waals surface area contributed by atoms with Crippen molar-refractivity contribution in [3.8, 4) is 0 Å². The van der Waals surface area contributed by atoms with Crippen molar-refractivity contribution in [1.29, 1.82) is 0 Å². The van der Waals surface area contributed by atoms with Gasteiger partial charge in [-0.05, 0) is 32.3 Å². The van der Waals surface area contributed by atoms with Crippen molar-refractivity contribution >= 4 is 45.0 Å². The summed E-state index contributed by atoms with van der Waals surface area (Å²) in [7, 11) is 3.85. The van der Waals surface area contributed by atoms with Gasteiger partial charge in [-0.2, -0.15) is 0 Å². The van der Waals surface area contributed by atoms with Crippen LogP contribution in [0.4, 0.5) is 9.52 Å². The Kier molecular flexibility index (Phi) is 6.57. The van der Waals surface area contributed by atoms with Gasteiger partial charge in [-0.15, -0.1) is 12.4 Å². The number of carbonyl (C=O) groups is 1. The van der Waals surface area contributed by atoms with E-state index >= 15 is 0 Å². The molecule has 0 bridgehead atoms. The SMILES string of the molecule is CN(C)CCN(C(=O)C1=COCCO1)c1nc2ccc(F)cc2s1.Cl. The fraction of sp³-hybridized carbons (Fsp3) is 0.375. The van der Waals surface area contributed by atoms with Crippen LogP contribution < -0.4 is 4.90 Å². The average molecular weight is 388 g/mol. The first-order chi connectivity index (χ1) is 11.5. The molecule has 9 heteroatoms. The number of benzene rings is 1. The molecule has 0 saturated carbocycles. The van der Waals surface area contributed by atoms with Gasteiger partial charge in [0, 0.05) is 13.1 Å². The molecule has 0 aliphatic carbocycles. The highest BCUT2D eigenvalue weighted by atomic mass is 35.5. The number of hydrogen-bond donors (Lipinski definition) is 0. The number of halogens is 2. The molecular weight excluding hydrogens is 369 g/mol. The maximum atomic E-state index is 13.4. The lowest BCUT2D eigenvalue weighted by molar-refractivity contribution is -0.119. The first kappa shape index (κ1) is 19.4. The van der Waals surface area contributed by atoms with Crippen molar-refractivity contribution in [1.82, 2.24) is 9.88 Å². The number of carbonyl (C=O) groups excluding carboxylic acids is 1. The molecule has 1 amide bonds. The summed E-state index contributed by atoms with van der Waals surface area (Å²) in [5.41, 5.74) is 0.661. The third kappa shape index (κ3) is 4.59. The molecule has 0 radical (unpaired) electrons. The molecule has 0 atom stereocenters. The van der Waals surface area contributed by atoms with Crippen LogP contribution in [0.25, 0.3) is 10.2 Å². The van der Waals surface area contributed by atoms with Gasteiger partial charge in [0.15, 0.2) is 5.13 Å². The Morgan fingerprint density at radius 1 is 1.32 bits per heavy atom. The first-order valence-electron chi connectivity index (χ1n) is 7.52. The summed E-state index contributed by atoms with van der Waals surface area (Å²) < 4.78 is 24.7. The zero-order chi connectivity index (χ0) is 17.1. The number of ether oxygens (including phenoxy) is 2. The normalized spacial score (nSPS) is 13.7. The van der Waals surface area contributed by atoms with Crippen molar-refractivity contribution in [2.45, 2.75) is 0 Å². The smallest absolute Gasteiger partial charge is 0.298 e. The second-order valence-electron chi connectivity index (χ2n) is 5.57. The number of hydrogen-bond acceptors (Lipinski definition) is 6. The second kappa shape index (κ2) is 8.46. The van der Waals surface area contributed by atoms with Crippen LogP contribution >= 0.6 is 23.7 Å². The van der Waals surface area contributed by atoms with Crippen LogP contribution in [-0.2, 0) is 14.3 Å². The molecule has 0 saturated heterocycles. The van der Waals surface area contributed by atoms with E-state index < -0.39 is 0 Å². The lowest BCUT2D eigenvalue weighted by atomic mass is 10.3. The Morgan fingerprint density at radius 2 is 2.12 bits per heavy atom. The second-order valence-corrected chi connectivity index (χ2v) is 6.58. The molecule has 1 aromatic heterocycles. The maximum absolute atomic E-state index is 13.4. The summed E-state index contributed by atoms with van der Waals surface area (Å²) in [6.45, 7) is 1.86. The molecule has 1 aromatic carbocycles. The maximum Gasteiger partial charge on any atom is 0.298 e. The highest BCUT2D eigenvalue weighted by Gasteiger charge is 2.26. The van der Waals surface area contributed by atoms with Gasteiger partial charge in [0.2, 0.25) is 5.76 Å². The molecule has 25 heavy (non-hydrogen) atoms. The quantitative estimate of drug-likeness (QED) is 0.789. The van der Waals surface area contributed by atoms with Crippen LogP contribution in [0.1, 0.15) is 0 Å². The van der Waals surface area contributed by atoms with Gasteiger partial charge in [0.25, 0.3) is 5.91 Å². The number of aromatic nitrogens is 1. The zero-order valence-electron chi connectivity index (χ0n) is 13.9. The van der Waals surface area contributed by atoms with Crippen LogP contribution in [0.15, 0.2) is 30.2 Å². The summed E-state index contributed by atoms with van der Waals surface area (Å²) >= 11 is 1.28. The number of fused-ring (bicyclic) bond motifs is 1. The van der Waals surface area contributed by atoms with Crippen LogP contribution in [0.3, 0.4) is 0 Å². The predicted molar refractivity (Wildman–Crippen MR) is 97.7 cm³/mol. The minimum absolute atomic E-state index is 0. The molecular formula is C16H19ClFN3O3S. The third-order valence-electron chi connectivity index (χ3n) is 3.45. The fourth-order valence-electron chi connectivity index (χ4n) is 2.20. The van der Waals surface area contributed by atoms with Crippen LogP contribution in [0.5, 0.6) is 0 Å². The van der Waals surface area contributed by atoms with Crippen molar-refractivity contribution in [3.63, 3.8) is 0 Å². The molecule has 1 aliphatic heterocycles. The zero-order valence-corrected chi connectivity index (χ0v) is 15.5. The first-order valence-corrected chi connectivity index (χ1v) is 8.33. The Bertz CT molecular complexity index is 781. The largest absolute Gasteiger partial charge is 0.494 e. The van der Waals surface area contributed by atoms with E-state index in [0.717, 1.165) is 0 Å². The molecule has 0 fully saturated rings. The summed E-state index contributed by atoms with van der Waals surface area (Å²) in [6, 6.07) is 4.39. The number of thiazole rings is 1. The number of nitrogens with zero attached hydrogens (tertiary/aromatic N) is 3. The van der Waals surface area contributed by atoms with E-state index in [1.807, 2.05) is 19.0 Å². The molecule has 0 unspecified atom stereocenters. The van der Waals surface area contributed by atoms with Crippen LogP contribution in [0.2, 0.25) is 0 Å². The lowest BCUT2D eigenvalue weighted by Gasteiger charge is -2.24. The third-order valence-corrected chi connectivity index (χ3v) is 4.49. The van der Waals surface area contributed by atoms with Gasteiger partial charge in [0.1, 0.15) is 25.3 Å². The van der Waals surface area contributed by atoms with Crippen molar-refractivity contribution in [3.05, 3.63) is 36.0 Å². The monoisotopic (exact) mass is 387 g/mol. The minimum Gasteiger partial charge on any atom is -0.494 e. The Hall–Kier alpha value is -1.90. The van der Waals surface area contributed by atoms with E-state index in [0.29, 0.717) is 41.7 Å². The molecule has 0 N–H and O–H groups in total. The van der Waals surface area contributed by atoms with Gasteiger partial charge in [-0.3, -0.25) is 9.69 Å². The van der Waals surface area contributed by atoms with Gasteiger partial charge >= 0.3 is 0 Å². The summed E-state index contributed by atoms with van der Waals surface area (Å²) in [5.74, 6) is -0.475. The fourth-order valence-corrected chi connectivity index (χ4v) is 3.21. The molecule has 3 rings (SSSR count). The van der Waals surface area contributed by atoms with E-state index in [2.05, 4.69) is 4.98 Å². The molecule has 2 heterocycles. The number of anilines is 1. The summed E-state index contributed by atoms with van der Waals surface area (Å²) in [4.78, 5) is 20.8. The van der Waals surface area contributed by atoms with E-state index in [-0.39, 0.29) is 29.9 Å². The minimum atomic E-state index is -0.324. The van der Waals surface area contributed by atoms with Gasteiger partial charge in [0.05, 0.1) is 10.2 Å². The predicted octanol–water partition coefficient (Wildman–Crippen LogP) is 2.64. The van der Waals surface area contributed by atoms with E-state index in [4.69, 9.17) is 9.47 Å². The van der Waals surface area contributed by atoms with Crippen molar-refractivity contribution in [2.24, 2.45) is 0 Å². The van der Waals surface area contributed by atoms with E-state index in [9.17, 15) is 9.18 Å². The van der Waals surface area contributed by atoms with Gasteiger partial charge in [-0.1, -0.05) is 11.3 Å². The van der Waals surface area contributed by atoms with Gasteiger partial charge < -0.3 is 14.4 Å². The number of amides is 1. The van der Waals surface area contributed by atoms with Gasteiger partial charge in [-0.25, -0.2) is 9.37 Å². The standard InChI is InChI=1S/C16H18FN3O3S.ClH/c1-19(2)5-6-20(15(21)13-10-22-7-8-23-13)16-18-12-4-3-11(17)9-14(12)24-16;/h3-4,9-10H,5-8H2,1-2H3;1H. The Balaban J connectivity index is 0.00000225. The number of likely N-dealkylation sites (N-methyl/N-ethyl adjacent to an activating group) is 1. The molecule has 0 spiro atoms. The van der Waals surface area contributed by atoms with Crippen LogP contribution in [0, 0.1) is 5.82 Å². The highest BCUT2D eigenvalue weighted by molar-refractivity contribution is 7.22. The van der Waals surface area contributed by atoms with Crippen molar-refractivity contribution in [2.75, 3.05) is 45.3 Å². The van der Waals surface area contributed by atoms with E-state index in [1.54, 1.807) is 11.0 Å². The average Bonchev–Trinajstić information content (AvgIpc) is 2.98. The Labute approximate surface area is 155 Å².